The Morgan fingerprint density at radius 2 is 1.93 bits per heavy atom. The largest absolute Gasteiger partial charge is 0.494 e. The van der Waals surface area contributed by atoms with Crippen molar-refractivity contribution in [2.24, 2.45) is 0 Å². The molecule has 4 heterocycles. The number of hydrogen-bond acceptors (Lipinski definition) is 9. The number of hydrogen-bond donors (Lipinski definition) is 3. The lowest BCUT2D eigenvalue weighted by Gasteiger charge is -2.38. The van der Waals surface area contributed by atoms with Gasteiger partial charge in [-0.25, -0.2) is 4.98 Å². The van der Waals surface area contributed by atoms with Crippen molar-refractivity contribution in [3.63, 3.8) is 0 Å². The van der Waals surface area contributed by atoms with Crippen molar-refractivity contribution < 1.29 is 32.2 Å². The van der Waals surface area contributed by atoms with Gasteiger partial charge >= 0.3 is 6.18 Å². The van der Waals surface area contributed by atoms with Gasteiger partial charge < -0.3 is 35.1 Å². The van der Waals surface area contributed by atoms with Crippen LogP contribution in [0.15, 0.2) is 42.6 Å². The molecular formula is C28H29F3N6O4. The van der Waals surface area contributed by atoms with Gasteiger partial charge in [0.15, 0.2) is 5.79 Å². The summed E-state index contributed by atoms with van der Waals surface area (Å²) in [5, 5.41) is 8.54. The molecule has 2 fully saturated rings. The highest BCUT2D eigenvalue weighted by atomic mass is 19.4. The number of piperidine rings is 1. The minimum atomic E-state index is -4.67. The topological polar surface area (TPSA) is 110 Å². The fraction of sp³-hybridized carbons (Fsp3) is 0.393. The van der Waals surface area contributed by atoms with Crippen molar-refractivity contribution in [2.45, 2.75) is 37.8 Å². The van der Waals surface area contributed by atoms with Gasteiger partial charge in [0.1, 0.15) is 17.1 Å². The third-order valence-corrected chi connectivity index (χ3v) is 7.56. The Morgan fingerprint density at radius 3 is 2.66 bits per heavy atom. The van der Waals surface area contributed by atoms with E-state index in [1.807, 2.05) is 12.1 Å². The molecule has 2 saturated heterocycles. The van der Waals surface area contributed by atoms with Crippen LogP contribution in [0.5, 0.6) is 5.75 Å². The van der Waals surface area contributed by atoms with Crippen molar-refractivity contribution >= 4 is 34.7 Å². The van der Waals surface area contributed by atoms with E-state index in [1.165, 1.54) is 7.11 Å². The normalized spacial score (nSPS) is 17.9. The molecule has 6 rings (SSSR count). The number of ether oxygens (including phenoxy) is 3. The Hall–Kier alpha value is -4.10. The lowest BCUT2D eigenvalue weighted by Crippen LogP contribution is -2.45. The molecular weight excluding hydrogens is 541 g/mol. The Balaban J connectivity index is 1.20. The maximum atomic E-state index is 13.8. The second-order valence-electron chi connectivity index (χ2n) is 10.1. The van der Waals surface area contributed by atoms with Gasteiger partial charge in [0.2, 0.25) is 11.9 Å². The van der Waals surface area contributed by atoms with Crippen LogP contribution in [0.25, 0.3) is 0 Å². The summed E-state index contributed by atoms with van der Waals surface area (Å²) < 4.78 is 58.6. The minimum Gasteiger partial charge on any atom is -0.494 e. The van der Waals surface area contributed by atoms with Crippen molar-refractivity contribution in [1.29, 1.82) is 0 Å². The van der Waals surface area contributed by atoms with Crippen LogP contribution >= 0.6 is 0 Å². The predicted octanol–water partition coefficient (Wildman–Crippen LogP) is 4.70. The molecule has 0 bridgehead atoms. The number of alkyl halides is 3. The van der Waals surface area contributed by atoms with Crippen LogP contribution in [0.4, 0.5) is 42.0 Å². The molecule has 41 heavy (non-hydrogen) atoms. The van der Waals surface area contributed by atoms with Crippen molar-refractivity contribution in [3.05, 3.63) is 59.3 Å². The zero-order valence-corrected chi connectivity index (χ0v) is 22.3. The van der Waals surface area contributed by atoms with Crippen molar-refractivity contribution in [3.8, 4) is 5.75 Å². The highest BCUT2D eigenvalue weighted by molar-refractivity contribution is 5.99. The second kappa shape index (κ2) is 10.7. The van der Waals surface area contributed by atoms with Crippen LogP contribution < -0.4 is 25.6 Å². The molecule has 1 amide bonds. The molecule has 10 nitrogen and oxygen atoms in total. The Bertz CT molecular complexity index is 1450. The molecule has 0 unspecified atom stereocenters. The standard InChI is InChI=1S/C28H29F3N6O4/c1-39-23-13-18(37-9-7-27(8-10-37)40-11-12-41-27)5-6-22(23)35-26-33-16-20(28(29,30)31)25(36-26)32-15-17-3-2-4-21-19(17)14-24(38)34-21/h2-6,13,16H,7-12,14-15H2,1H3,(H,34,38)(H2,32,33,35,36). The van der Waals surface area contributed by atoms with Gasteiger partial charge in [0.25, 0.3) is 0 Å². The molecule has 3 aromatic rings. The number of amides is 1. The van der Waals surface area contributed by atoms with E-state index in [-0.39, 0.29) is 30.6 Å². The van der Waals surface area contributed by atoms with Gasteiger partial charge in [0, 0.05) is 56.1 Å². The molecule has 1 aromatic heterocycles. The van der Waals surface area contributed by atoms with Crippen molar-refractivity contribution in [2.75, 3.05) is 54.3 Å². The van der Waals surface area contributed by atoms with Gasteiger partial charge in [-0.2, -0.15) is 18.2 Å². The van der Waals surface area contributed by atoms with Crippen LogP contribution in [0.1, 0.15) is 29.5 Å². The molecule has 13 heteroatoms. The number of carbonyl (C=O) groups excluding carboxylic acids is 1. The van der Waals surface area contributed by atoms with Crippen LogP contribution in [0, 0.1) is 0 Å². The average molecular weight is 571 g/mol. The predicted molar refractivity (Wildman–Crippen MR) is 145 cm³/mol. The molecule has 0 radical (unpaired) electrons. The van der Waals surface area contributed by atoms with E-state index in [9.17, 15) is 18.0 Å². The summed E-state index contributed by atoms with van der Waals surface area (Å²) >= 11 is 0. The highest BCUT2D eigenvalue weighted by Gasteiger charge is 2.40. The van der Waals surface area contributed by atoms with Crippen LogP contribution in [-0.2, 0) is 33.4 Å². The Kier molecular flexibility index (Phi) is 7.08. The fourth-order valence-electron chi connectivity index (χ4n) is 5.44. The van der Waals surface area contributed by atoms with Gasteiger partial charge in [-0.15, -0.1) is 0 Å². The van der Waals surface area contributed by atoms with E-state index in [1.54, 1.807) is 24.3 Å². The maximum absolute atomic E-state index is 13.8. The minimum absolute atomic E-state index is 0.0304. The molecule has 1 spiro atoms. The molecule has 3 aliphatic rings. The number of halogens is 3. The zero-order chi connectivity index (χ0) is 28.6. The van der Waals surface area contributed by atoms with Gasteiger partial charge in [-0.3, -0.25) is 4.79 Å². The quantitative estimate of drug-likeness (QED) is 0.373. The Labute approximate surface area is 234 Å². The van der Waals surface area contributed by atoms with E-state index < -0.39 is 17.5 Å². The van der Waals surface area contributed by atoms with E-state index in [0.717, 1.165) is 43.4 Å². The SMILES string of the molecule is COc1cc(N2CCC3(CC2)OCCO3)ccc1Nc1ncc(C(F)(F)F)c(NCc2cccc3c2CC(=O)N3)n1. The number of rotatable bonds is 7. The molecule has 0 atom stereocenters. The fourth-order valence-corrected chi connectivity index (χ4v) is 5.44. The molecule has 2 aromatic carbocycles. The summed E-state index contributed by atoms with van der Waals surface area (Å²) in [7, 11) is 1.52. The van der Waals surface area contributed by atoms with Crippen molar-refractivity contribution in [1.82, 2.24) is 9.97 Å². The summed E-state index contributed by atoms with van der Waals surface area (Å²) in [5.74, 6) is -0.553. The summed E-state index contributed by atoms with van der Waals surface area (Å²) in [6, 6.07) is 10.8. The van der Waals surface area contributed by atoms with Gasteiger partial charge in [-0.05, 0) is 29.3 Å². The Morgan fingerprint density at radius 1 is 1.15 bits per heavy atom. The first-order valence-electron chi connectivity index (χ1n) is 13.3. The number of carbonyl (C=O) groups is 1. The smallest absolute Gasteiger partial charge is 0.421 e. The third kappa shape index (κ3) is 5.59. The first kappa shape index (κ1) is 27.1. The van der Waals surface area contributed by atoms with Crippen LogP contribution in [0.2, 0.25) is 0 Å². The molecule has 0 saturated carbocycles. The van der Waals surface area contributed by atoms with E-state index in [2.05, 4.69) is 30.8 Å². The zero-order valence-electron chi connectivity index (χ0n) is 22.3. The van der Waals surface area contributed by atoms with Gasteiger partial charge in [0.05, 0.1) is 32.4 Å². The van der Waals surface area contributed by atoms with Crippen LogP contribution in [0.3, 0.4) is 0 Å². The summed E-state index contributed by atoms with van der Waals surface area (Å²) in [6.07, 6.45) is -2.24. The number of nitrogens with one attached hydrogen (secondary N) is 3. The number of fused-ring (bicyclic) bond motifs is 1. The number of aromatic nitrogens is 2. The number of nitrogens with zero attached hydrogens (tertiary/aromatic N) is 3. The summed E-state index contributed by atoms with van der Waals surface area (Å²) in [5.41, 5.74) is 2.57. The van der Waals surface area contributed by atoms with E-state index in [0.29, 0.717) is 35.9 Å². The lowest BCUT2D eigenvalue weighted by atomic mass is 10.0. The molecule has 0 aliphatic carbocycles. The number of methoxy groups -OCH3 is 1. The lowest BCUT2D eigenvalue weighted by molar-refractivity contribution is -0.169. The number of benzene rings is 2. The van der Waals surface area contributed by atoms with Crippen LogP contribution in [-0.4, -0.2) is 55.1 Å². The monoisotopic (exact) mass is 570 g/mol. The maximum Gasteiger partial charge on any atom is 0.421 e. The van der Waals surface area contributed by atoms with E-state index in [4.69, 9.17) is 14.2 Å². The summed E-state index contributed by atoms with van der Waals surface area (Å²) in [4.78, 5) is 22.1. The van der Waals surface area contributed by atoms with Gasteiger partial charge in [-0.1, -0.05) is 12.1 Å². The second-order valence-corrected chi connectivity index (χ2v) is 10.1. The average Bonchev–Trinajstić information content (AvgIpc) is 3.58. The summed E-state index contributed by atoms with van der Waals surface area (Å²) in [6.45, 7) is 2.78. The molecule has 216 valence electrons. The highest BCUT2D eigenvalue weighted by Crippen LogP contribution is 2.38. The molecule has 3 N–H and O–H groups in total. The van der Waals surface area contributed by atoms with E-state index >= 15 is 0 Å². The first-order valence-corrected chi connectivity index (χ1v) is 13.3. The number of anilines is 5. The third-order valence-electron chi connectivity index (χ3n) is 7.56. The first-order chi connectivity index (χ1) is 19.7. The molecule has 3 aliphatic heterocycles.